The summed E-state index contributed by atoms with van der Waals surface area (Å²) in [6.45, 7) is 2.44. The second kappa shape index (κ2) is 7.88. The molecule has 4 nitrogen and oxygen atoms in total. The molecule has 0 aromatic heterocycles. The fourth-order valence-electron chi connectivity index (χ4n) is 2.77. The van der Waals surface area contributed by atoms with Crippen LogP contribution in [0.3, 0.4) is 0 Å². The molecule has 138 valence electrons. The highest BCUT2D eigenvalue weighted by Gasteiger charge is 2.30. The molecule has 2 aromatic carbocycles. The lowest BCUT2D eigenvalue weighted by atomic mass is 10.0. The average Bonchev–Trinajstić information content (AvgIpc) is 2.66. The maximum atomic E-state index is 12.9. The van der Waals surface area contributed by atoms with Crippen LogP contribution in [0.25, 0.3) is 11.1 Å². The highest BCUT2D eigenvalue weighted by molar-refractivity contribution is 5.95. The maximum Gasteiger partial charge on any atom is 0.416 e. The predicted molar refractivity (Wildman–Crippen MR) is 91.8 cm³/mol. The first-order valence-electron chi connectivity index (χ1n) is 8.32. The van der Waals surface area contributed by atoms with Gasteiger partial charge in [-0.1, -0.05) is 24.3 Å². The molecule has 1 fully saturated rings. The zero-order valence-corrected chi connectivity index (χ0v) is 14.0. The summed E-state index contributed by atoms with van der Waals surface area (Å²) in [5.74, 6) is -0.284. The fourth-order valence-corrected chi connectivity index (χ4v) is 2.77. The van der Waals surface area contributed by atoms with Gasteiger partial charge < -0.3 is 15.4 Å². The third-order valence-electron chi connectivity index (χ3n) is 4.14. The smallest absolute Gasteiger partial charge is 0.374 e. The van der Waals surface area contributed by atoms with Crippen LogP contribution in [0.2, 0.25) is 0 Å². The number of hydrogen-bond donors (Lipinski definition) is 2. The minimum Gasteiger partial charge on any atom is -0.374 e. The molecule has 0 spiro atoms. The van der Waals surface area contributed by atoms with Crippen molar-refractivity contribution in [3.63, 3.8) is 0 Å². The zero-order valence-electron chi connectivity index (χ0n) is 14.0. The second-order valence-corrected chi connectivity index (χ2v) is 6.07. The molecule has 26 heavy (non-hydrogen) atoms. The van der Waals surface area contributed by atoms with E-state index in [0.29, 0.717) is 36.4 Å². The van der Waals surface area contributed by atoms with Gasteiger partial charge in [-0.15, -0.1) is 0 Å². The predicted octanol–water partition coefficient (Wildman–Crippen LogP) is 3.09. The number of nitrogens with one attached hydrogen (secondary N) is 2. The Morgan fingerprint density at radius 1 is 1.15 bits per heavy atom. The van der Waals surface area contributed by atoms with Crippen molar-refractivity contribution in [2.24, 2.45) is 0 Å². The van der Waals surface area contributed by atoms with E-state index in [0.717, 1.165) is 18.7 Å². The van der Waals surface area contributed by atoms with E-state index in [1.54, 1.807) is 30.3 Å². The van der Waals surface area contributed by atoms with Gasteiger partial charge in [0.2, 0.25) is 0 Å². The third kappa shape index (κ3) is 4.62. The topological polar surface area (TPSA) is 50.4 Å². The van der Waals surface area contributed by atoms with Crippen molar-refractivity contribution >= 4 is 5.91 Å². The van der Waals surface area contributed by atoms with Crippen LogP contribution in [-0.2, 0) is 10.9 Å². The monoisotopic (exact) mass is 364 g/mol. The average molecular weight is 364 g/mol. The van der Waals surface area contributed by atoms with Crippen molar-refractivity contribution in [3.8, 4) is 11.1 Å². The van der Waals surface area contributed by atoms with Gasteiger partial charge in [0.15, 0.2) is 0 Å². The number of morpholine rings is 1. The van der Waals surface area contributed by atoms with Crippen LogP contribution in [0.4, 0.5) is 13.2 Å². The highest BCUT2D eigenvalue weighted by Crippen LogP contribution is 2.32. The number of halogens is 3. The van der Waals surface area contributed by atoms with E-state index in [9.17, 15) is 18.0 Å². The Bertz CT molecular complexity index is 771. The summed E-state index contributed by atoms with van der Waals surface area (Å²) >= 11 is 0. The summed E-state index contributed by atoms with van der Waals surface area (Å²) in [6.07, 6.45) is -4.49. The lowest BCUT2D eigenvalue weighted by Crippen LogP contribution is -2.45. The lowest BCUT2D eigenvalue weighted by molar-refractivity contribution is -0.137. The number of alkyl halides is 3. The molecule has 1 saturated heterocycles. The first-order valence-corrected chi connectivity index (χ1v) is 8.32. The molecule has 0 saturated carbocycles. The standard InChI is InChI=1S/C19H19F3N2O2/c20-19(21,22)16-6-2-4-14(10-16)13-3-1-5-15(9-13)18(25)24-12-17-11-23-7-8-26-17/h1-6,9-10,17,23H,7-8,11-12H2,(H,24,25). The van der Waals surface area contributed by atoms with E-state index in [2.05, 4.69) is 10.6 Å². The van der Waals surface area contributed by atoms with Gasteiger partial charge in [-0.25, -0.2) is 0 Å². The number of ether oxygens (including phenoxy) is 1. The lowest BCUT2D eigenvalue weighted by Gasteiger charge is -2.23. The van der Waals surface area contributed by atoms with Crippen LogP contribution >= 0.6 is 0 Å². The molecule has 1 unspecified atom stereocenters. The Hall–Kier alpha value is -2.38. The fraction of sp³-hybridized carbons (Fsp3) is 0.316. The van der Waals surface area contributed by atoms with Crippen LogP contribution in [0, 0.1) is 0 Å². The Balaban J connectivity index is 1.72. The summed E-state index contributed by atoms with van der Waals surface area (Å²) in [5.41, 5.74) is 0.643. The summed E-state index contributed by atoms with van der Waals surface area (Å²) in [6, 6.07) is 11.6. The van der Waals surface area contributed by atoms with Gasteiger partial charge in [0.1, 0.15) is 0 Å². The van der Waals surface area contributed by atoms with E-state index in [4.69, 9.17) is 4.74 Å². The van der Waals surface area contributed by atoms with Crippen molar-refractivity contribution in [2.75, 3.05) is 26.2 Å². The van der Waals surface area contributed by atoms with Gasteiger partial charge in [-0.2, -0.15) is 13.2 Å². The number of carbonyl (C=O) groups is 1. The Morgan fingerprint density at radius 2 is 1.88 bits per heavy atom. The normalized spacial score (nSPS) is 17.7. The Labute approximate surface area is 149 Å². The van der Waals surface area contributed by atoms with Gasteiger partial charge in [0.25, 0.3) is 5.91 Å². The minimum absolute atomic E-state index is 0.0839. The third-order valence-corrected chi connectivity index (χ3v) is 4.14. The highest BCUT2D eigenvalue weighted by atomic mass is 19.4. The molecule has 0 bridgehead atoms. The molecule has 0 aliphatic carbocycles. The van der Waals surface area contributed by atoms with Crippen LogP contribution in [0.5, 0.6) is 0 Å². The number of benzene rings is 2. The van der Waals surface area contributed by atoms with E-state index < -0.39 is 11.7 Å². The van der Waals surface area contributed by atoms with Gasteiger partial charge in [0, 0.05) is 25.2 Å². The first-order chi connectivity index (χ1) is 12.4. The summed E-state index contributed by atoms with van der Waals surface area (Å²) in [4.78, 5) is 12.3. The largest absolute Gasteiger partial charge is 0.416 e. The molecule has 1 heterocycles. The van der Waals surface area contributed by atoms with Crippen molar-refractivity contribution < 1.29 is 22.7 Å². The van der Waals surface area contributed by atoms with E-state index >= 15 is 0 Å². The van der Waals surface area contributed by atoms with Gasteiger partial charge in [-0.05, 0) is 35.4 Å². The number of amides is 1. The second-order valence-electron chi connectivity index (χ2n) is 6.07. The van der Waals surface area contributed by atoms with Gasteiger partial charge in [-0.3, -0.25) is 4.79 Å². The van der Waals surface area contributed by atoms with Crippen LogP contribution < -0.4 is 10.6 Å². The Morgan fingerprint density at radius 3 is 2.58 bits per heavy atom. The van der Waals surface area contributed by atoms with Crippen molar-refractivity contribution in [1.29, 1.82) is 0 Å². The van der Waals surface area contributed by atoms with Crippen LogP contribution in [0.1, 0.15) is 15.9 Å². The molecule has 0 radical (unpaired) electrons. The van der Waals surface area contributed by atoms with E-state index in [-0.39, 0.29) is 12.0 Å². The molecular weight excluding hydrogens is 345 g/mol. The maximum absolute atomic E-state index is 12.9. The molecule has 1 aliphatic rings. The molecular formula is C19H19F3N2O2. The van der Waals surface area contributed by atoms with Crippen LogP contribution in [0.15, 0.2) is 48.5 Å². The van der Waals surface area contributed by atoms with Crippen molar-refractivity contribution in [2.45, 2.75) is 12.3 Å². The number of hydrogen-bond acceptors (Lipinski definition) is 3. The molecule has 1 amide bonds. The van der Waals surface area contributed by atoms with E-state index in [1.807, 2.05) is 0 Å². The number of carbonyl (C=O) groups excluding carboxylic acids is 1. The molecule has 1 atom stereocenters. The van der Waals surface area contributed by atoms with Gasteiger partial charge >= 0.3 is 6.18 Å². The molecule has 1 aliphatic heterocycles. The molecule has 2 N–H and O–H groups in total. The SMILES string of the molecule is O=C(NCC1CNCCO1)c1cccc(-c2cccc(C(F)(F)F)c2)c1. The summed E-state index contributed by atoms with van der Waals surface area (Å²) < 4.78 is 44.2. The molecule has 3 rings (SSSR count). The molecule has 7 heteroatoms. The van der Waals surface area contributed by atoms with Crippen LogP contribution in [-0.4, -0.2) is 38.3 Å². The van der Waals surface area contributed by atoms with Crippen molar-refractivity contribution in [1.82, 2.24) is 10.6 Å². The summed E-state index contributed by atoms with van der Waals surface area (Å²) in [5, 5.41) is 5.98. The van der Waals surface area contributed by atoms with Crippen molar-refractivity contribution in [3.05, 3.63) is 59.7 Å². The first kappa shape index (κ1) is 18.4. The van der Waals surface area contributed by atoms with E-state index in [1.165, 1.54) is 6.07 Å². The minimum atomic E-state index is -4.40. The zero-order chi connectivity index (χ0) is 18.6. The Kier molecular flexibility index (Phi) is 5.58. The quantitative estimate of drug-likeness (QED) is 0.877. The summed E-state index contributed by atoms with van der Waals surface area (Å²) in [7, 11) is 0. The van der Waals surface area contributed by atoms with Gasteiger partial charge in [0.05, 0.1) is 18.3 Å². The number of rotatable bonds is 4. The molecule has 2 aromatic rings.